The summed E-state index contributed by atoms with van der Waals surface area (Å²) in [5, 5.41) is 9.07. The van der Waals surface area contributed by atoms with Gasteiger partial charge in [-0.3, -0.25) is 14.7 Å². The van der Waals surface area contributed by atoms with E-state index in [0.717, 1.165) is 31.5 Å². The lowest BCUT2D eigenvalue weighted by Crippen LogP contribution is -2.34. The molecule has 23 heavy (non-hydrogen) atoms. The van der Waals surface area contributed by atoms with E-state index < -0.39 is 0 Å². The van der Waals surface area contributed by atoms with Crippen LogP contribution in [0.25, 0.3) is 0 Å². The number of aromatic amines is 2. The molecule has 0 radical (unpaired) electrons. The monoisotopic (exact) mass is 318 g/mol. The van der Waals surface area contributed by atoms with Gasteiger partial charge in [0.25, 0.3) is 5.91 Å². The number of nitrogens with one attached hydrogen (secondary N) is 3. The number of H-pyrrole nitrogens is 2. The Morgan fingerprint density at radius 1 is 1.43 bits per heavy atom. The highest BCUT2D eigenvalue weighted by molar-refractivity contribution is 5.92. The van der Waals surface area contributed by atoms with Crippen molar-refractivity contribution in [2.45, 2.75) is 31.8 Å². The number of likely N-dealkylation sites (tertiary alicyclic amines) is 1. The molecule has 1 fully saturated rings. The molecular weight excluding hydrogens is 296 g/mol. The molecule has 0 aliphatic carbocycles. The molecule has 0 bridgehead atoms. The predicted molar refractivity (Wildman–Crippen MR) is 85.0 cm³/mol. The lowest BCUT2D eigenvalue weighted by molar-refractivity contribution is 0.0952. The summed E-state index contributed by atoms with van der Waals surface area (Å²) in [6.45, 7) is 1.53. The lowest BCUT2D eigenvalue weighted by atomic mass is 9.99. The number of nitrogens with zero attached hydrogens (tertiary/aromatic N) is 3. The normalized spacial score (nSPS) is 19.0. The van der Waals surface area contributed by atoms with Crippen LogP contribution in [0.3, 0.4) is 0 Å². The third-order valence-corrected chi connectivity index (χ3v) is 4.48. The van der Waals surface area contributed by atoms with Crippen LogP contribution in [0.15, 0.2) is 16.9 Å². The Morgan fingerprint density at radius 2 is 2.26 bits per heavy atom. The SMILES string of the molecule is CNC(=O)c1ccc(C2CCCCN2Cc2n[nH]c(=O)[nH]2)n1C. The topological polar surface area (TPSA) is 98.8 Å². The number of hydrogen-bond donors (Lipinski definition) is 3. The number of piperidine rings is 1. The van der Waals surface area contributed by atoms with Crippen LogP contribution >= 0.6 is 0 Å². The van der Waals surface area contributed by atoms with E-state index in [-0.39, 0.29) is 17.6 Å². The Balaban J connectivity index is 1.85. The minimum absolute atomic E-state index is 0.0854. The van der Waals surface area contributed by atoms with Crippen LogP contribution in [0.5, 0.6) is 0 Å². The third kappa shape index (κ3) is 3.07. The summed E-state index contributed by atoms with van der Waals surface area (Å²) < 4.78 is 1.95. The number of rotatable bonds is 4. The second-order valence-electron chi connectivity index (χ2n) is 5.89. The molecule has 2 aromatic heterocycles. The van der Waals surface area contributed by atoms with Crippen LogP contribution in [0.2, 0.25) is 0 Å². The molecule has 124 valence electrons. The summed E-state index contributed by atoms with van der Waals surface area (Å²) in [5.74, 6) is 0.556. The Bertz CT molecular complexity index is 743. The third-order valence-electron chi connectivity index (χ3n) is 4.48. The first-order valence-corrected chi connectivity index (χ1v) is 7.85. The highest BCUT2D eigenvalue weighted by Crippen LogP contribution is 2.32. The average molecular weight is 318 g/mol. The van der Waals surface area contributed by atoms with Crippen LogP contribution in [0, 0.1) is 0 Å². The van der Waals surface area contributed by atoms with Crippen molar-refractivity contribution in [3.8, 4) is 0 Å². The summed E-state index contributed by atoms with van der Waals surface area (Å²) in [5.41, 5.74) is 1.48. The molecule has 1 saturated heterocycles. The van der Waals surface area contributed by atoms with Crippen LogP contribution in [0.4, 0.5) is 0 Å². The summed E-state index contributed by atoms with van der Waals surface area (Å²) >= 11 is 0. The van der Waals surface area contributed by atoms with Crippen molar-refractivity contribution in [3.05, 3.63) is 39.8 Å². The van der Waals surface area contributed by atoms with Crippen molar-refractivity contribution >= 4 is 5.91 Å². The van der Waals surface area contributed by atoms with E-state index in [0.29, 0.717) is 18.1 Å². The molecule has 2 aromatic rings. The van der Waals surface area contributed by atoms with Crippen LogP contribution in [-0.4, -0.2) is 44.1 Å². The van der Waals surface area contributed by atoms with Gasteiger partial charge in [0, 0.05) is 19.8 Å². The molecule has 3 rings (SSSR count). The van der Waals surface area contributed by atoms with Gasteiger partial charge >= 0.3 is 5.69 Å². The van der Waals surface area contributed by atoms with E-state index in [2.05, 4.69) is 25.4 Å². The van der Waals surface area contributed by atoms with Gasteiger partial charge in [-0.2, -0.15) is 5.10 Å². The molecule has 0 aromatic carbocycles. The molecule has 8 nitrogen and oxygen atoms in total. The van der Waals surface area contributed by atoms with Crippen molar-refractivity contribution in [2.24, 2.45) is 7.05 Å². The number of hydrogen-bond acceptors (Lipinski definition) is 4. The van der Waals surface area contributed by atoms with E-state index >= 15 is 0 Å². The minimum atomic E-state index is -0.283. The van der Waals surface area contributed by atoms with Gasteiger partial charge in [0.2, 0.25) is 0 Å². The molecule has 1 unspecified atom stereocenters. The molecule has 1 atom stereocenters. The zero-order valence-electron chi connectivity index (χ0n) is 13.4. The van der Waals surface area contributed by atoms with Crippen LogP contribution in [0.1, 0.15) is 47.3 Å². The summed E-state index contributed by atoms with van der Waals surface area (Å²) in [6, 6.07) is 4.09. The average Bonchev–Trinajstić information content (AvgIpc) is 3.13. The molecule has 0 saturated carbocycles. The fraction of sp³-hybridized carbons (Fsp3) is 0.533. The van der Waals surface area contributed by atoms with E-state index in [4.69, 9.17) is 0 Å². The molecule has 1 aliphatic heterocycles. The van der Waals surface area contributed by atoms with Crippen molar-refractivity contribution in [1.82, 2.24) is 30.0 Å². The molecule has 1 amide bonds. The van der Waals surface area contributed by atoms with E-state index in [1.165, 1.54) is 0 Å². The minimum Gasteiger partial charge on any atom is -0.354 e. The zero-order chi connectivity index (χ0) is 16.4. The zero-order valence-corrected chi connectivity index (χ0v) is 13.4. The summed E-state index contributed by atoms with van der Waals surface area (Å²) in [7, 11) is 3.55. The van der Waals surface area contributed by atoms with E-state index in [1.807, 2.05) is 23.7 Å². The van der Waals surface area contributed by atoms with Gasteiger partial charge in [0.05, 0.1) is 12.6 Å². The van der Waals surface area contributed by atoms with Gasteiger partial charge < -0.3 is 9.88 Å². The maximum absolute atomic E-state index is 11.9. The number of carbonyl (C=O) groups is 1. The summed E-state index contributed by atoms with van der Waals surface area (Å²) in [4.78, 5) is 28.1. The predicted octanol–water partition coefficient (Wildman–Crippen LogP) is 0.523. The highest BCUT2D eigenvalue weighted by atomic mass is 16.2. The summed E-state index contributed by atoms with van der Waals surface area (Å²) in [6.07, 6.45) is 3.30. The van der Waals surface area contributed by atoms with Crippen molar-refractivity contribution < 1.29 is 4.79 Å². The fourth-order valence-corrected chi connectivity index (χ4v) is 3.31. The Labute approximate surface area is 133 Å². The van der Waals surface area contributed by atoms with E-state index in [9.17, 15) is 9.59 Å². The first-order valence-electron chi connectivity index (χ1n) is 7.85. The van der Waals surface area contributed by atoms with Crippen LogP contribution < -0.4 is 11.0 Å². The highest BCUT2D eigenvalue weighted by Gasteiger charge is 2.28. The fourth-order valence-electron chi connectivity index (χ4n) is 3.31. The quantitative estimate of drug-likeness (QED) is 0.765. The number of amides is 1. The lowest BCUT2D eigenvalue weighted by Gasteiger charge is -2.35. The van der Waals surface area contributed by atoms with Gasteiger partial charge in [-0.05, 0) is 31.5 Å². The van der Waals surface area contributed by atoms with Gasteiger partial charge in [0.15, 0.2) is 0 Å². The van der Waals surface area contributed by atoms with Gasteiger partial charge in [0.1, 0.15) is 11.5 Å². The van der Waals surface area contributed by atoms with Crippen molar-refractivity contribution in [2.75, 3.05) is 13.6 Å². The molecular formula is C15H22N6O2. The van der Waals surface area contributed by atoms with Crippen molar-refractivity contribution in [1.29, 1.82) is 0 Å². The first-order chi connectivity index (χ1) is 11.1. The van der Waals surface area contributed by atoms with Gasteiger partial charge in [-0.1, -0.05) is 6.42 Å². The molecule has 0 spiro atoms. The molecule has 3 N–H and O–H groups in total. The maximum Gasteiger partial charge on any atom is 0.340 e. The molecule has 1 aliphatic rings. The standard InChI is InChI=1S/C15H22N6O2/c1-16-14(22)12-7-6-10(20(12)2)11-5-3-4-8-21(11)9-13-17-15(23)19-18-13/h6-7,11H,3-5,8-9H2,1-2H3,(H,16,22)(H2,17,18,19,23). The Hall–Kier alpha value is -2.35. The Morgan fingerprint density at radius 3 is 2.96 bits per heavy atom. The smallest absolute Gasteiger partial charge is 0.340 e. The number of carbonyl (C=O) groups excluding carboxylic acids is 1. The number of aromatic nitrogens is 4. The Kier molecular flexibility index (Phi) is 4.33. The van der Waals surface area contributed by atoms with Gasteiger partial charge in [-0.15, -0.1) is 0 Å². The maximum atomic E-state index is 11.9. The van der Waals surface area contributed by atoms with Crippen LogP contribution in [-0.2, 0) is 13.6 Å². The largest absolute Gasteiger partial charge is 0.354 e. The second kappa shape index (κ2) is 6.41. The van der Waals surface area contributed by atoms with E-state index in [1.54, 1.807) is 7.05 Å². The first kappa shape index (κ1) is 15.5. The van der Waals surface area contributed by atoms with Gasteiger partial charge in [-0.25, -0.2) is 9.89 Å². The van der Waals surface area contributed by atoms with Crippen molar-refractivity contribution in [3.63, 3.8) is 0 Å². The second-order valence-corrected chi connectivity index (χ2v) is 5.89. The molecule has 8 heteroatoms. The molecule has 3 heterocycles.